The fourth-order valence-electron chi connectivity index (χ4n) is 2.67. The maximum absolute atomic E-state index is 12.4. The van der Waals surface area contributed by atoms with Gasteiger partial charge in [0.15, 0.2) is 0 Å². The smallest absolute Gasteiger partial charge is 0.245 e. The minimum atomic E-state index is -0.373. The average molecular weight is 289 g/mol. The molecule has 0 bridgehead atoms. The standard InChI is InChI=1S/C16H23N3O2/c1-12(2)11-18-7-8-19(13(3)16(18)21)15(20)9-14-5-4-6-17-10-14/h4-6,10,12-13H,7-9,11H2,1-3H3/t13-/m1/s1. The Morgan fingerprint density at radius 2 is 2.19 bits per heavy atom. The molecule has 0 N–H and O–H groups in total. The van der Waals surface area contributed by atoms with E-state index in [1.165, 1.54) is 0 Å². The van der Waals surface area contributed by atoms with Crippen molar-refractivity contribution in [2.45, 2.75) is 33.2 Å². The number of piperazine rings is 1. The van der Waals surface area contributed by atoms with E-state index in [0.29, 0.717) is 25.4 Å². The third-order valence-corrected chi connectivity index (χ3v) is 3.73. The number of hydrogen-bond acceptors (Lipinski definition) is 3. The zero-order chi connectivity index (χ0) is 15.4. The molecule has 0 aromatic carbocycles. The number of hydrogen-bond donors (Lipinski definition) is 0. The highest BCUT2D eigenvalue weighted by Crippen LogP contribution is 2.14. The molecule has 2 rings (SSSR count). The lowest BCUT2D eigenvalue weighted by Crippen LogP contribution is -2.58. The summed E-state index contributed by atoms with van der Waals surface area (Å²) < 4.78 is 0. The van der Waals surface area contributed by atoms with Crippen LogP contribution in [0.2, 0.25) is 0 Å². The van der Waals surface area contributed by atoms with Crippen LogP contribution >= 0.6 is 0 Å². The van der Waals surface area contributed by atoms with E-state index in [0.717, 1.165) is 12.1 Å². The summed E-state index contributed by atoms with van der Waals surface area (Å²) in [7, 11) is 0. The van der Waals surface area contributed by atoms with Gasteiger partial charge in [-0.25, -0.2) is 0 Å². The van der Waals surface area contributed by atoms with Gasteiger partial charge in [-0.15, -0.1) is 0 Å². The molecule has 0 radical (unpaired) electrons. The average Bonchev–Trinajstić information content (AvgIpc) is 2.44. The first-order chi connectivity index (χ1) is 9.99. The summed E-state index contributed by atoms with van der Waals surface area (Å²) in [5.74, 6) is 0.487. The summed E-state index contributed by atoms with van der Waals surface area (Å²) in [6.45, 7) is 8.00. The fraction of sp³-hybridized carbons (Fsp3) is 0.562. The van der Waals surface area contributed by atoms with Crippen LogP contribution in [0.15, 0.2) is 24.5 Å². The molecule has 1 aliphatic rings. The lowest BCUT2D eigenvalue weighted by Gasteiger charge is -2.39. The molecule has 1 atom stereocenters. The molecule has 0 aliphatic carbocycles. The predicted molar refractivity (Wildman–Crippen MR) is 80.5 cm³/mol. The maximum atomic E-state index is 12.4. The first-order valence-electron chi connectivity index (χ1n) is 7.46. The van der Waals surface area contributed by atoms with Crippen LogP contribution in [0.25, 0.3) is 0 Å². The number of nitrogens with zero attached hydrogens (tertiary/aromatic N) is 3. The van der Waals surface area contributed by atoms with Crippen LogP contribution in [0.4, 0.5) is 0 Å². The van der Waals surface area contributed by atoms with Gasteiger partial charge in [0.05, 0.1) is 6.42 Å². The molecule has 5 heteroatoms. The Kier molecular flexibility index (Phi) is 4.94. The Bertz CT molecular complexity index is 502. The largest absolute Gasteiger partial charge is 0.339 e. The van der Waals surface area contributed by atoms with Crippen molar-refractivity contribution in [1.82, 2.24) is 14.8 Å². The number of aromatic nitrogens is 1. The SMILES string of the molecule is CC(C)CN1CCN(C(=O)Cc2cccnc2)[C@H](C)C1=O. The highest BCUT2D eigenvalue weighted by molar-refractivity contribution is 5.89. The second kappa shape index (κ2) is 6.70. The second-order valence-electron chi connectivity index (χ2n) is 5.98. The van der Waals surface area contributed by atoms with Crippen LogP contribution in [-0.4, -0.2) is 52.3 Å². The quantitative estimate of drug-likeness (QED) is 0.840. The first kappa shape index (κ1) is 15.5. The summed E-state index contributed by atoms with van der Waals surface area (Å²) in [5.41, 5.74) is 0.881. The number of pyridine rings is 1. The van der Waals surface area contributed by atoms with E-state index in [2.05, 4.69) is 18.8 Å². The minimum absolute atomic E-state index is 0.00644. The van der Waals surface area contributed by atoms with Crippen LogP contribution in [0.5, 0.6) is 0 Å². The molecule has 1 aromatic heterocycles. The van der Waals surface area contributed by atoms with E-state index in [-0.39, 0.29) is 17.9 Å². The van der Waals surface area contributed by atoms with Crippen LogP contribution in [0.1, 0.15) is 26.3 Å². The summed E-state index contributed by atoms with van der Waals surface area (Å²) in [6, 6.07) is 3.33. The molecule has 1 aromatic rings. The molecule has 1 fully saturated rings. The van der Waals surface area contributed by atoms with Gasteiger partial charge in [-0.1, -0.05) is 19.9 Å². The molecule has 1 saturated heterocycles. The highest BCUT2D eigenvalue weighted by Gasteiger charge is 2.34. The van der Waals surface area contributed by atoms with Crippen molar-refractivity contribution in [3.05, 3.63) is 30.1 Å². The van der Waals surface area contributed by atoms with Gasteiger partial charge in [-0.3, -0.25) is 14.6 Å². The Morgan fingerprint density at radius 1 is 1.43 bits per heavy atom. The molecule has 5 nitrogen and oxygen atoms in total. The van der Waals surface area contributed by atoms with Gasteiger partial charge >= 0.3 is 0 Å². The van der Waals surface area contributed by atoms with Crippen molar-refractivity contribution >= 4 is 11.8 Å². The normalized spacial score (nSPS) is 19.2. The van der Waals surface area contributed by atoms with Crippen molar-refractivity contribution in [3.63, 3.8) is 0 Å². The topological polar surface area (TPSA) is 53.5 Å². The van der Waals surface area contributed by atoms with Gasteiger partial charge in [-0.2, -0.15) is 0 Å². The van der Waals surface area contributed by atoms with Gasteiger partial charge in [0.25, 0.3) is 0 Å². The summed E-state index contributed by atoms with van der Waals surface area (Å²) in [5, 5.41) is 0. The maximum Gasteiger partial charge on any atom is 0.245 e. The number of rotatable bonds is 4. The molecule has 0 spiro atoms. The molecule has 0 saturated carbocycles. The summed E-state index contributed by atoms with van der Waals surface area (Å²) >= 11 is 0. The highest BCUT2D eigenvalue weighted by atomic mass is 16.2. The fourth-order valence-corrected chi connectivity index (χ4v) is 2.67. The van der Waals surface area contributed by atoms with Gasteiger partial charge < -0.3 is 9.80 Å². The number of carbonyl (C=O) groups is 2. The van der Waals surface area contributed by atoms with Crippen LogP contribution in [0.3, 0.4) is 0 Å². The van der Waals surface area contributed by atoms with Crippen molar-refractivity contribution < 1.29 is 9.59 Å². The summed E-state index contributed by atoms with van der Waals surface area (Å²) in [4.78, 5) is 32.3. The lowest BCUT2D eigenvalue weighted by atomic mass is 10.1. The Morgan fingerprint density at radius 3 is 2.81 bits per heavy atom. The first-order valence-corrected chi connectivity index (χ1v) is 7.46. The van der Waals surface area contributed by atoms with Crippen molar-refractivity contribution in [1.29, 1.82) is 0 Å². The third-order valence-electron chi connectivity index (χ3n) is 3.73. The van der Waals surface area contributed by atoms with Crippen molar-refractivity contribution in [2.24, 2.45) is 5.92 Å². The zero-order valence-corrected chi connectivity index (χ0v) is 13.0. The Labute approximate surface area is 126 Å². The molecule has 1 aliphatic heterocycles. The minimum Gasteiger partial charge on any atom is -0.339 e. The van der Waals surface area contributed by atoms with Gasteiger partial charge in [-0.05, 0) is 24.5 Å². The summed E-state index contributed by atoms with van der Waals surface area (Å²) in [6.07, 6.45) is 3.68. The predicted octanol–water partition coefficient (Wildman–Crippen LogP) is 1.34. The number of amides is 2. The van der Waals surface area contributed by atoms with E-state index < -0.39 is 0 Å². The lowest BCUT2D eigenvalue weighted by molar-refractivity contribution is -0.150. The van der Waals surface area contributed by atoms with Crippen LogP contribution in [-0.2, 0) is 16.0 Å². The zero-order valence-electron chi connectivity index (χ0n) is 13.0. The molecule has 2 heterocycles. The van der Waals surface area contributed by atoms with Gasteiger partial charge in [0, 0.05) is 32.0 Å². The Hall–Kier alpha value is -1.91. The molecule has 114 valence electrons. The molecule has 2 amide bonds. The van der Waals surface area contributed by atoms with Gasteiger partial charge in [0.1, 0.15) is 6.04 Å². The molecular weight excluding hydrogens is 266 g/mol. The van der Waals surface area contributed by atoms with E-state index in [1.807, 2.05) is 24.0 Å². The Balaban J connectivity index is 1.99. The molecule has 21 heavy (non-hydrogen) atoms. The molecule has 0 unspecified atom stereocenters. The third kappa shape index (κ3) is 3.80. The molecular formula is C16H23N3O2. The van der Waals surface area contributed by atoms with Crippen LogP contribution in [0, 0.1) is 5.92 Å². The number of carbonyl (C=O) groups excluding carboxylic acids is 2. The monoisotopic (exact) mass is 289 g/mol. The van der Waals surface area contributed by atoms with Crippen molar-refractivity contribution in [2.75, 3.05) is 19.6 Å². The van der Waals surface area contributed by atoms with Crippen molar-refractivity contribution in [3.8, 4) is 0 Å². The van der Waals surface area contributed by atoms with Gasteiger partial charge in [0.2, 0.25) is 11.8 Å². The van der Waals surface area contributed by atoms with E-state index in [4.69, 9.17) is 0 Å². The van der Waals surface area contributed by atoms with E-state index >= 15 is 0 Å². The van der Waals surface area contributed by atoms with Crippen LogP contribution < -0.4 is 0 Å². The second-order valence-corrected chi connectivity index (χ2v) is 5.98. The van der Waals surface area contributed by atoms with E-state index in [1.54, 1.807) is 17.3 Å². The van der Waals surface area contributed by atoms with E-state index in [9.17, 15) is 9.59 Å².